The van der Waals surface area contributed by atoms with Gasteiger partial charge < -0.3 is 15.5 Å². The first-order chi connectivity index (χ1) is 20.4. The minimum atomic E-state index is -0.727. The van der Waals surface area contributed by atoms with Crippen LogP contribution < -0.4 is 10.6 Å². The van der Waals surface area contributed by atoms with Crippen molar-refractivity contribution in [2.24, 2.45) is 23.2 Å². The Bertz CT molecular complexity index is 1150. The maximum absolute atomic E-state index is 14.2. The van der Waals surface area contributed by atoms with Crippen LogP contribution in [0.5, 0.6) is 0 Å². The summed E-state index contributed by atoms with van der Waals surface area (Å²) in [6.45, 7) is 12.5. The number of likely N-dealkylation sites (tertiary alicyclic amines) is 2. The van der Waals surface area contributed by atoms with Crippen LogP contribution in [0.15, 0.2) is 24.3 Å². The molecular formula is C35H53FN4O3. The third-order valence-electron chi connectivity index (χ3n) is 10.8. The van der Waals surface area contributed by atoms with Crippen LogP contribution in [0.3, 0.4) is 0 Å². The van der Waals surface area contributed by atoms with Crippen molar-refractivity contribution in [2.75, 3.05) is 19.6 Å². The van der Waals surface area contributed by atoms with E-state index in [2.05, 4.69) is 29.4 Å². The van der Waals surface area contributed by atoms with Gasteiger partial charge >= 0.3 is 0 Å². The van der Waals surface area contributed by atoms with Crippen LogP contribution in [-0.4, -0.2) is 70.8 Å². The predicted octanol–water partition coefficient (Wildman–Crippen LogP) is 5.08. The number of piperidine rings is 2. The first-order valence-corrected chi connectivity index (χ1v) is 16.8. The summed E-state index contributed by atoms with van der Waals surface area (Å²) in [6.07, 6.45) is 9.15. The standard InChI is InChI=1S/C35H53FN4O3/c1-23(2)40-22-25-19-28(30(40)21-25)31(41)37-29(20-24-11-13-27(36)14-12-24)32(42)39-17-15-35(16-18-39,26-9-7-6-8-10-26)33(43)38-34(3,4)5/h11-14,23,25-26,28-30H,6-10,15-22H2,1-5H3,(H,37,41)(H,38,43)/t25-,28-,29+,30-/m0/s1. The summed E-state index contributed by atoms with van der Waals surface area (Å²) in [4.78, 5) is 46.1. The highest BCUT2D eigenvalue weighted by molar-refractivity contribution is 5.90. The van der Waals surface area contributed by atoms with Gasteiger partial charge in [0.2, 0.25) is 17.7 Å². The van der Waals surface area contributed by atoms with Crippen LogP contribution in [0.1, 0.15) is 98.0 Å². The first kappa shape index (κ1) is 31.9. The Morgan fingerprint density at radius 2 is 1.65 bits per heavy atom. The number of carbonyl (C=O) groups is 3. The average Bonchev–Trinajstić information content (AvgIpc) is 3.59. The summed E-state index contributed by atoms with van der Waals surface area (Å²) in [5, 5.41) is 6.45. The van der Waals surface area contributed by atoms with E-state index in [9.17, 15) is 18.8 Å². The fourth-order valence-corrected chi connectivity index (χ4v) is 8.57. The van der Waals surface area contributed by atoms with Gasteiger partial charge in [-0.15, -0.1) is 0 Å². The van der Waals surface area contributed by atoms with Crippen molar-refractivity contribution in [2.45, 2.75) is 122 Å². The molecule has 0 aromatic heterocycles. The zero-order chi connectivity index (χ0) is 30.9. The highest BCUT2D eigenvalue weighted by Crippen LogP contribution is 2.47. The molecule has 43 heavy (non-hydrogen) atoms. The lowest BCUT2D eigenvalue weighted by atomic mass is 9.63. The van der Waals surface area contributed by atoms with Gasteiger partial charge in [0.15, 0.2) is 0 Å². The molecule has 4 atom stereocenters. The molecule has 1 aromatic carbocycles. The molecule has 1 aromatic rings. The number of benzene rings is 1. The van der Waals surface area contributed by atoms with Crippen molar-refractivity contribution in [3.8, 4) is 0 Å². The van der Waals surface area contributed by atoms with E-state index in [1.807, 2.05) is 25.7 Å². The zero-order valence-electron chi connectivity index (χ0n) is 27.0. The summed E-state index contributed by atoms with van der Waals surface area (Å²) in [5.74, 6) is 0.398. The van der Waals surface area contributed by atoms with Crippen LogP contribution in [-0.2, 0) is 20.8 Å². The molecule has 5 rings (SSSR count). The number of hydrogen-bond acceptors (Lipinski definition) is 4. The number of nitrogens with zero attached hydrogens (tertiary/aromatic N) is 2. The second-order valence-electron chi connectivity index (χ2n) is 15.2. The number of halogens is 1. The number of nitrogens with one attached hydrogen (secondary N) is 2. The lowest BCUT2D eigenvalue weighted by molar-refractivity contribution is -0.147. The van der Waals surface area contributed by atoms with Crippen molar-refractivity contribution in [1.29, 1.82) is 0 Å². The summed E-state index contributed by atoms with van der Waals surface area (Å²) >= 11 is 0. The van der Waals surface area contributed by atoms with Gasteiger partial charge in [-0.05, 0) is 103 Å². The number of carbonyl (C=O) groups excluding carboxylic acids is 3. The Kier molecular flexibility index (Phi) is 9.55. The minimum Gasteiger partial charge on any atom is -0.351 e. The van der Waals surface area contributed by atoms with Crippen LogP contribution in [0.25, 0.3) is 0 Å². The topological polar surface area (TPSA) is 81.8 Å². The van der Waals surface area contributed by atoms with Crippen molar-refractivity contribution in [3.05, 3.63) is 35.6 Å². The Morgan fingerprint density at radius 3 is 2.23 bits per heavy atom. The molecule has 2 bridgehead atoms. The molecule has 2 N–H and O–H groups in total. The van der Waals surface area contributed by atoms with Crippen LogP contribution >= 0.6 is 0 Å². The Morgan fingerprint density at radius 1 is 1.00 bits per heavy atom. The number of hydrogen-bond donors (Lipinski definition) is 2. The molecule has 4 fully saturated rings. The fourth-order valence-electron chi connectivity index (χ4n) is 8.57. The van der Waals surface area contributed by atoms with Crippen LogP contribution in [0, 0.1) is 29.0 Å². The summed E-state index contributed by atoms with van der Waals surface area (Å²) in [7, 11) is 0. The largest absolute Gasteiger partial charge is 0.351 e. The second kappa shape index (κ2) is 12.9. The molecule has 8 heteroatoms. The van der Waals surface area contributed by atoms with Gasteiger partial charge in [0.05, 0.1) is 11.3 Å². The Hall–Kier alpha value is -2.48. The molecule has 2 saturated carbocycles. The minimum absolute atomic E-state index is 0.0450. The molecule has 0 spiro atoms. The quantitative estimate of drug-likeness (QED) is 0.439. The van der Waals surface area contributed by atoms with E-state index in [0.29, 0.717) is 50.2 Å². The van der Waals surface area contributed by atoms with Gasteiger partial charge in [-0.3, -0.25) is 19.3 Å². The highest BCUT2D eigenvalue weighted by atomic mass is 19.1. The third-order valence-corrected chi connectivity index (χ3v) is 10.8. The van der Waals surface area contributed by atoms with Gasteiger partial charge in [-0.2, -0.15) is 0 Å². The number of amides is 3. The molecule has 0 unspecified atom stereocenters. The van der Waals surface area contributed by atoms with E-state index in [0.717, 1.165) is 50.6 Å². The lowest BCUT2D eigenvalue weighted by Gasteiger charge is -2.48. The zero-order valence-corrected chi connectivity index (χ0v) is 27.0. The molecule has 238 valence electrons. The van der Waals surface area contributed by atoms with Crippen molar-refractivity contribution in [1.82, 2.24) is 20.4 Å². The molecule has 2 aliphatic carbocycles. The fraction of sp³-hybridized carbons (Fsp3) is 0.743. The van der Waals surface area contributed by atoms with Gasteiger partial charge in [0.25, 0.3) is 0 Å². The molecule has 3 amide bonds. The maximum atomic E-state index is 14.2. The number of fused-ring (bicyclic) bond motifs is 2. The normalized spacial score (nSPS) is 26.9. The van der Waals surface area contributed by atoms with Crippen molar-refractivity contribution in [3.63, 3.8) is 0 Å². The summed E-state index contributed by atoms with van der Waals surface area (Å²) in [5.41, 5.74) is 0.0277. The SMILES string of the molecule is CC(C)N1C[C@H]2C[C@H](C(=O)N[C@H](Cc3ccc(F)cc3)C(=O)N3CCC(C(=O)NC(C)(C)C)(C4CCCCC4)CC3)[C@@H]1C2. The second-order valence-corrected chi connectivity index (χ2v) is 15.2. The van der Waals surface area contributed by atoms with Crippen LogP contribution in [0.4, 0.5) is 4.39 Å². The molecule has 4 aliphatic rings. The van der Waals surface area contributed by atoms with E-state index >= 15 is 0 Å². The van der Waals surface area contributed by atoms with Gasteiger partial charge in [0.1, 0.15) is 11.9 Å². The Balaban J connectivity index is 1.32. The maximum Gasteiger partial charge on any atom is 0.245 e. The molecule has 2 heterocycles. The van der Waals surface area contributed by atoms with Gasteiger partial charge in [-0.25, -0.2) is 4.39 Å². The molecule has 0 radical (unpaired) electrons. The van der Waals surface area contributed by atoms with E-state index in [1.165, 1.54) is 18.6 Å². The smallest absolute Gasteiger partial charge is 0.245 e. The predicted molar refractivity (Wildman–Crippen MR) is 167 cm³/mol. The summed E-state index contributed by atoms with van der Waals surface area (Å²) < 4.78 is 13.7. The van der Waals surface area contributed by atoms with Crippen molar-refractivity contribution < 1.29 is 18.8 Å². The van der Waals surface area contributed by atoms with E-state index in [4.69, 9.17) is 0 Å². The summed E-state index contributed by atoms with van der Waals surface area (Å²) in [6, 6.07) is 6.08. The number of rotatable bonds is 8. The molecule has 2 saturated heterocycles. The van der Waals surface area contributed by atoms with Crippen molar-refractivity contribution >= 4 is 17.7 Å². The first-order valence-electron chi connectivity index (χ1n) is 16.8. The van der Waals surface area contributed by atoms with E-state index < -0.39 is 11.5 Å². The molecule has 2 aliphatic heterocycles. The van der Waals surface area contributed by atoms with Crippen LogP contribution in [0.2, 0.25) is 0 Å². The monoisotopic (exact) mass is 596 g/mol. The molecular weight excluding hydrogens is 543 g/mol. The van der Waals surface area contributed by atoms with Gasteiger partial charge in [-0.1, -0.05) is 31.4 Å². The van der Waals surface area contributed by atoms with E-state index in [1.54, 1.807) is 12.1 Å². The average molecular weight is 597 g/mol. The Labute approximate surface area is 257 Å². The highest BCUT2D eigenvalue weighted by Gasteiger charge is 2.51. The van der Waals surface area contributed by atoms with Gasteiger partial charge in [0, 0.05) is 43.7 Å². The van der Waals surface area contributed by atoms with E-state index in [-0.39, 0.29) is 41.0 Å². The lowest BCUT2D eigenvalue weighted by Crippen LogP contribution is -2.59. The third kappa shape index (κ3) is 7.10. The molecule has 7 nitrogen and oxygen atoms in total.